The van der Waals surface area contributed by atoms with Crippen LogP contribution in [0.1, 0.15) is 5.56 Å². The molecule has 0 aliphatic heterocycles. The van der Waals surface area contributed by atoms with E-state index in [9.17, 15) is 21.6 Å². The molecule has 0 fully saturated rings. The highest BCUT2D eigenvalue weighted by Gasteiger charge is 2.22. The summed E-state index contributed by atoms with van der Waals surface area (Å²) in [4.78, 5) is -0.794. The standard InChI is InChI=1S/C13H11F3N2O2S/c14-9-4-2-1-3-8(9)7-18-21(19,20)11-6-5-10(15)13(17)12(11)16/h1-6,18H,7,17H2. The van der Waals surface area contributed by atoms with Crippen LogP contribution in [0.5, 0.6) is 0 Å². The summed E-state index contributed by atoms with van der Waals surface area (Å²) >= 11 is 0. The summed E-state index contributed by atoms with van der Waals surface area (Å²) in [6.07, 6.45) is 0. The second kappa shape index (κ2) is 5.74. The average molecular weight is 316 g/mol. The zero-order valence-corrected chi connectivity index (χ0v) is 11.4. The van der Waals surface area contributed by atoms with Crippen molar-refractivity contribution in [1.29, 1.82) is 0 Å². The van der Waals surface area contributed by atoms with Crippen LogP contribution in [-0.2, 0) is 16.6 Å². The van der Waals surface area contributed by atoms with E-state index in [4.69, 9.17) is 5.73 Å². The van der Waals surface area contributed by atoms with Gasteiger partial charge in [0, 0.05) is 12.1 Å². The van der Waals surface area contributed by atoms with E-state index in [1.54, 1.807) is 0 Å². The van der Waals surface area contributed by atoms with Gasteiger partial charge in [0.05, 0.1) is 0 Å². The maximum absolute atomic E-state index is 13.7. The minimum absolute atomic E-state index is 0.0940. The Balaban J connectivity index is 2.28. The topological polar surface area (TPSA) is 72.2 Å². The van der Waals surface area contributed by atoms with Crippen LogP contribution in [0.15, 0.2) is 41.3 Å². The van der Waals surface area contributed by atoms with Crippen molar-refractivity contribution in [2.45, 2.75) is 11.4 Å². The fourth-order valence-corrected chi connectivity index (χ4v) is 2.74. The maximum Gasteiger partial charge on any atom is 0.243 e. The van der Waals surface area contributed by atoms with E-state index in [-0.39, 0.29) is 12.1 Å². The fourth-order valence-electron chi connectivity index (χ4n) is 1.65. The van der Waals surface area contributed by atoms with E-state index in [1.807, 2.05) is 4.72 Å². The molecule has 4 nitrogen and oxygen atoms in total. The van der Waals surface area contributed by atoms with Gasteiger partial charge >= 0.3 is 0 Å². The molecule has 0 aliphatic carbocycles. The SMILES string of the molecule is Nc1c(F)ccc(S(=O)(=O)NCc2ccccc2F)c1F. The van der Waals surface area contributed by atoms with Gasteiger partial charge in [-0.05, 0) is 18.2 Å². The molecular formula is C13H11F3N2O2S. The first kappa shape index (κ1) is 15.3. The molecule has 0 atom stereocenters. The summed E-state index contributed by atoms with van der Waals surface area (Å²) in [6, 6.07) is 7.03. The Hall–Kier alpha value is -2.06. The number of anilines is 1. The fraction of sp³-hybridized carbons (Fsp3) is 0.0769. The first-order valence-electron chi connectivity index (χ1n) is 5.79. The number of nitrogens with two attached hydrogens (primary N) is 1. The molecular weight excluding hydrogens is 305 g/mol. The highest BCUT2D eigenvalue weighted by Crippen LogP contribution is 2.22. The van der Waals surface area contributed by atoms with Gasteiger partial charge in [-0.3, -0.25) is 0 Å². The number of hydrogen-bond acceptors (Lipinski definition) is 3. The molecule has 0 aromatic heterocycles. The third-order valence-corrected chi connectivity index (χ3v) is 4.21. The highest BCUT2D eigenvalue weighted by molar-refractivity contribution is 7.89. The average Bonchev–Trinajstić information content (AvgIpc) is 2.44. The Kier molecular flexibility index (Phi) is 4.19. The zero-order valence-electron chi connectivity index (χ0n) is 10.6. The quantitative estimate of drug-likeness (QED) is 0.849. The minimum Gasteiger partial charge on any atom is -0.394 e. The van der Waals surface area contributed by atoms with Crippen molar-refractivity contribution in [3.63, 3.8) is 0 Å². The van der Waals surface area contributed by atoms with Crippen LogP contribution in [0.2, 0.25) is 0 Å². The Morgan fingerprint density at radius 2 is 1.67 bits per heavy atom. The third-order valence-electron chi connectivity index (χ3n) is 2.79. The van der Waals surface area contributed by atoms with Crippen LogP contribution in [-0.4, -0.2) is 8.42 Å². The van der Waals surface area contributed by atoms with E-state index in [0.29, 0.717) is 0 Å². The molecule has 21 heavy (non-hydrogen) atoms. The molecule has 0 unspecified atom stereocenters. The number of sulfonamides is 1. The maximum atomic E-state index is 13.7. The number of nitrogens with one attached hydrogen (secondary N) is 1. The van der Waals surface area contributed by atoms with Gasteiger partial charge in [-0.15, -0.1) is 0 Å². The Morgan fingerprint density at radius 3 is 2.33 bits per heavy atom. The molecule has 0 aliphatic rings. The zero-order chi connectivity index (χ0) is 15.6. The lowest BCUT2D eigenvalue weighted by Gasteiger charge is -2.09. The van der Waals surface area contributed by atoms with Gasteiger partial charge in [0.2, 0.25) is 10.0 Å². The van der Waals surface area contributed by atoms with Gasteiger partial charge in [-0.25, -0.2) is 26.3 Å². The van der Waals surface area contributed by atoms with Crippen LogP contribution in [0.4, 0.5) is 18.9 Å². The monoisotopic (exact) mass is 316 g/mol. The lowest BCUT2D eigenvalue weighted by Crippen LogP contribution is -2.25. The Bertz CT molecular complexity index is 779. The normalized spacial score (nSPS) is 11.6. The number of hydrogen-bond donors (Lipinski definition) is 2. The molecule has 0 amide bonds. The molecule has 2 aromatic carbocycles. The van der Waals surface area contributed by atoms with E-state index < -0.39 is 38.1 Å². The van der Waals surface area contributed by atoms with Crippen molar-refractivity contribution in [1.82, 2.24) is 4.72 Å². The molecule has 0 heterocycles. The first-order chi connectivity index (χ1) is 9.83. The summed E-state index contributed by atoms with van der Waals surface area (Å²) in [5.74, 6) is -3.03. The molecule has 0 spiro atoms. The van der Waals surface area contributed by atoms with Crippen molar-refractivity contribution in [3.8, 4) is 0 Å². The van der Waals surface area contributed by atoms with E-state index >= 15 is 0 Å². The molecule has 0 saturated heterocycles. The predicted molar refractivity (Wildman–Crippen MR) is 71.2 cm³/mol. The van der Waals surface area contributed by atoms with E-state index in [2.05, 4.69) is 0 Å². The van der Waals surface area contributed by atoms with Crippen LogP contribution < -0.4 is 10.5 Å². The molecule has 0 radical (unpaired) electrons. The van der Waals surface area contributed by atoms with Gasteiger partial charge in [-0.2, -0.15) is 0 Å². The first-order valence-corrected chi connectivity index (χ1v) is 7.28. The van der Waals surface area contributed by atoms with Crippen LogP contribution in [0.25, 0.3) is 0 Å². The summed E-state index contributed by atoms with van der Waals surface area (Å²) < 4.78 is 66.0. The smallest absolute Gasteiger partial charge is 0.243 e. The van der Waals surface area contributed by atoms with Crippen molar-refractivity contribution < 1.29 is 21.6 Å². The molecule has 2 rings (SSSR count). The Morgan fingerprint density at radius 1 is 1.00 bits per heavy atom. The van der Waals surface area contributed by atoms with Crippen molar-refractivity contribution in [2.24, 2.45) is 0 Å². The second-order valence-electron chi connectivity index (χ2n) is 4.19. The number of nitrogen functional groups attached to an aromatic ring is 1. The minimum atomic E-state index is -4.28. The highest BCUT2D eigenvalue weighted by atomic mass is 32.2. The van der Waals surface area contributed by atoms with Crippen molar-refractivity contribution in [2.75, 3.05) is 5.73 Å². The lowest BCUT2D eigenvalue weighted by molar-refractivity contribution is 0.546. The van der Waals surface area contributed by atoms with Gasteiger partial charge in [0.25, 0.3) is 0 Å². The van der Waals surface area contributed by atoms with Crippen molar-refractivity contribution in [3.05, 3.63) is 59.4 Å². The Labute approximate surface area is 119 Å². The largest absolute Gasteiger partial charge is 0.394 e. The molecule has 2 aromatic rings. The second-order valence-corrected chi connectivity index (χ2v) is 5.92. The van der Waals surface area contributed by atoms with Crippen LogP contribution >= 0.6 is 0 Å². The molecule has 8 heteroatoms. The van der Waals surface area contributed by atoms with Crippen LogP contribution in [0, 0.1) is 17.5 Å². The summed E-state index contributed by atoms with van der Waals surface area (Å²) in [7, 11) is -4.28. The summed E-state index contributed by atoms with van der Waals surface area (Å²) in [6.45, 7) is -0.369. The molecule has 112 valence electrons. The lowest BCUT2D eigenvalue weighted by atomic mass is 10.2. The van der Waals surface area contributed by atoms with E-state index in [0.717, 1.165) is 12.1 Å². The summed E-state index contributed by atoms with van der Waals surface area (Å²) in [5.41, 5.74) is 4.32. The summed E-state index contributed by atoms with van der Waals surface area (Å²) in [5, 5.41) is 0. The molecule has 0 bridgehead atoms. The van der Waals surface area contributed by atoms with E-state index in [1.165, 1.54) is 24.3 Å². The molecule has 0 saturated carbocycles. The predicted octanol–water partition coefficient (Wildman–Crippen LogP) is 2.16. The van der Waals surface area contributed by atoms with Gasteiger partial charge in [0.1, 0.15) is 22.2 Å². The van der Waals surface area contributed by atoms with Crippen molar-refractivity contribution >= 4 is 15.7 Å². The van der Waals surface area contributed by atoms with Crippen LogP contribution in [0.3, 0.4) is 0 Å². The molecule has 3 N–H and O–H groups in total. The number of rotatable bonds is 4. The van der Waals surface area contributed by atoms with Gasteiger partial charge < -0.3 is 5.73 Å². The number of halogens is 3. The van der Waals surface area contributed by atoms with Gasteiger partial charge in [-0.1, -0.05) is 18.2 Å². The number of benzene rings is 2. The third kappa shape index (κ3) is 3.17. The van der Waals surface area contributed by atoms with Gasteiger partial charge in [0.15, 0.2) is 5.82 Å².